The number of ether oxygens (including phenoxy) is 2. The molecule has 1 unspecified atom stereocenters. The Labute approximate surface area is 274 Å². The molecule has 2 amide bonds. The molecule has 13 nitrogen and oxygen atoms in total. The first-order chi connectivity index (χ1) is 21.6. The maximum absolute atomic E-state index is 13.9. The Hall–Kier alpha value is -3.72. The van der Waals surface area contributed by atoms with Crippen LogP contribution < -0.4 is 21.3 Å². The van der Waals surface area contributed by atoms with Gasteiger partial charge in [0, 0.05) is 63.4 Å². The van der Waals surface area contributed by atoms with E-state index in [0.717, 1.165) is 41.2 Å². The monoisotopic (exact) mass is 669 g/mol. The summed E-state index contributed by atoms with van der Waals surface area (Å²) >= 11 is 6.87. The van der Waals surface area contributed by atoms with Crippen LogP contribution in [0.15, 0.2) is 30.7 Å². The van der Waals surface area contributed by atoms with Gasteiger partial charge in [-0.3, -0.25) is 10.1 Å². The maximum Gasteiger partial charge on any atom is 0.413 e. The molecule has 3 aromatic heterocycles. The summed E-state index contributed by atoms with van der Waals surface area (Å²) in [6.07, 6.45) is 5.21. The molecule has 15 heteroatoms. The van der Waals surface area contributed by atoms with Crippen molar-refractivity contribution < 1.29 is 19.1 Å². The van der Waals surface area contributed by atoms with Crippen molar-refractivity contribution in [1.29, 1.82) is 0 Å². The van der Waals surface area contributed by atoms with Gasteiger partial charge in [-0.1, -0.05) is 31.2 Å². The SMILES string of the molecule is CC(NC(=O)c1c(NC(=O)OC(C)(C)C)nn2cccnc12)c1cc(Cl)c2cn(COCC[Si](C)(C)C)nc2c1N1CC[C@H](N)C1. The smallest absolute Gasteiger partial charge is 0.413 e. The fourth-order valence-electron chi connectivity index (χ4n) is 5.38. The zero-order valence-electron chi connectivity index (χ0n) is 27.6. The zero-order valence-corrected chi connectivity index (χ0v) is 29.3. The van der Waals surface area contributed by atoms with Gasteiger partial charge in [-0.2, -0.15) is 5.10 Å². The molecule has 0 radical (unpaired) electrons. The summed E-state index contributed by atoms with van der Waals surface area (Å²) in [4.78, 5) is 33.2. The fourth-order valence-corrected chi connectivity index (χ4v) is 6.39. The average molecular weight is 670 g/mol. The Morgan fingerprint density at radius 3 is 2.67 bits per heavy atom. The van der Waals surface area contributed by atoms with Crippen molar-refractivity contribution in [3.63, 3.8) is 0 Å². The molecule has 5 rings (SSSR count). The average Bonchev–Trinajstić information content (AvgIpc) is 3.66. The van der Waals surface area contributed by atoms with Crippen LogP contribution in [-0.4, -0.2) is 75.8 Å². The summed E-state index contributed by atoms with van der Waals surface area (Å²) < 4.78 is 14.6. The van der Waals surface area contributed by atoms with E-state index in [4.69, 9.17) is 31.9 Å². The second-order valence-electron chi connectivity index (χ2n) is 14.0. The Morgan fingerprint density at radius 1 is 1.24 bits per heavy atom. The van der Waals surface area contributed by atoms with E-state index in [9.17, 15) is 9.59 Å². The van der Waals surface area contributed by atoms with Gasteiger partial charge in [0.1, 0.15) is 23.4 Å². The van der Waals surface area contributed by atoms with E-state index < -0.39 is 31.7 Å². The minimum Gasteiger partial charge on any atom is -0.444 e. The highest BCUT2D eigenvalue weighted by Crippen LogP contribution is 2.39. The quantitative estimate of drug-likeness (QED) is 0.148. The second-order valence-corrected chi connectivity index (χ2v) is 20.0. The Morgan fingerprint density at radius 2 is 2.00 bits per heavy atom. The largest absolute Gasteiger partial charge is 0.444 e. The topological polar surface area (TPSA) is 154 Å². The van der Waals surface area contributed by atoms with E-state index in [1.54, 1.807) is 43.9 Å². The Balaban J connectivity index is 1.47. The summed E-state index contributed by atoms with van der Waals surface area (Å²) in [5, 5.41) is 16.3. The molecular formula is C31H44ClN9O4Si. The van der Waals surface area contributed by atoms with Gasteiger partial charge in [-0.05, 0) is 52.3 Å². The first-order valence-corrected chi connectivity index (χ1v) is 19.6. The van der Waals surface area contributed by atoms with Gasteiger partial charge in [-0.15, -0.1) is 5.10 Å². The van der Waals surface area contributed by atoms with Crippen LogP contribution >= 0.6 is 11.6 Å². The van der Waals surface area contributed by atoms with Crippen LogP contribution in [0.2, 0.25) is 30.7 Å². The molecule has 1 aliphatic heterocycles. The van der Waals surface area contributed by atoms with Crippen molar-refractivity contribution in [2.24, 2.45) is 5.73 Å². The van der Waals surface area contributed by atoms with Gasteiger partial charge < -0.3 is 25.4 Å². The lowest BCUT2D eigenvalue weighted by molar-refractivity contribution is 0.0635. The number of nitrogens with one attached hydrogen (secondary N) is 2. The zero-order chi connectivity index (χ0) is 33.4. The Bertz CT molecular complexity index is 1740. The number of nitrogens with two attached hydrogens (primary N) is 1. The molecule has 4 heterocycles. The number of benzene rings is 1. The fraction of sp³-hybridized carbons (Fsp3) is 0.516. The minimum absolute atomic E-state index is 0.0156. The molecule has 2 atom stereocenters. The first kappa shape index (κ1) is 33.6. The van der Waals surface area contributed by atoms with E-state index in [2.05, 4.69) is 45.3 Å². The number of hydrogen-bond acceptors (Lipinski definition) is 9. The minimum atomic E-state index is -1.22. The van der Waals surface area contributed by atoms with Gasteiger partial charge in [0.15, 0.2) is 11.5 Å². The van der Waals surface area contributed by atoms with Crippen LogP contribution in [0.25, 0.3) is 16.6 Å². The van der Waals surface area contributed by atoms with Crippen LogP contribution in [0, 0.1) is 0 Å². The highest BCUT2D eigenvalue weighted by atomic mass is 35.5. The molecule has 1 aromatic carbocycles. The third-order valence-corrected chi connectivity index (χ3v) is 9.63. The summed E-state index contributed by atoms with van der Waals surface area (Å²) in [7, 11) is -1.22. The third kappa shape index (κ3) is 7.80. The van der Waals surface area contributed by atoms with Gasteiger partial charge in [-0.25, -0.2) is 19.0 Å². The van der Waals surface area contributed by atoms with Crippen molar-refractivity contribution in [2.75, 3.05) is 29.9 Å². The highest BCUT2D eigenvalue weighted by Gasteiger charge is 2.30. The molecule has 0 saturated carbocycles. The molecule has 1 saturated heterocycles. The lowest BCUT2D eigenvalue weighted by Gasteiger charge is -2.26. The molecule has 4 aromatic rings. The van der Waals surface area contributed by atoms with E-state index in [-0.39, 0.29) is 23.1 Å². The normalized spacial score (nSPS) is 16.3. The van der Waals surface area contributed by atoms with Gasteiger partial charge in [0.2, 0.25) is 0 Å². The van der Waals surface area contributed by atoms with Crippen molar-refractivity contribution in [2.45, 2.75) is 84.2 Å². The molecule has 1 fully saturated rings. The number of carbonyl (C=O) groups excluding carboxylic acids is 2. The molecule has 0 aliphatic carbocycles. The van der Waals surface area contributed by atoms with E-state index in [1.165, 1.54) is 4.52 Å². The lowest BCUT2D eigenvalue weighted by atomic mass is 10.0. The van der Waals surface area contributed by atoms with Crippen molar-refractivity contribution in [3.8, 4) is 0 Å². The molecule has 1 aliphatic rings. The lowest BCUT2D eigenvalue weighted by Crippen LogP contribution is -2.32. The molecule has 46 heavy (non-hydrogen) atoms. The molecular weight excluding hydrogens is 626 g/mol. The molecule has 4 N–H and O–H groups in total. The van der Waals surface area contributed by atoms with Gasteiger partial charge in [0.05, 0.1) is 16.8 Å². The first-order valence-electron chi connectivity index (χ1n) is 15.5. The highest BCUT2D eigenvalue weighted by molar-refractivity contribution is 6.76. The standard InChI is InChI=1S/C31H44ClN9O4Si/c1-19(35-29(42)24-27(36-30(43)45-31(2,3)4)38-41-11-8-10-34-28(24)41)21-15-23(32)22-17-40(18-44-13-14-46(5,6)7)37-25(22)26(21)39-12-9-20(33)16-39/h8,10-11,15,17,19-20H,9,12-14,16,18,33H2,1-7H3,(H,35,42)(H,36,38,43)/t19?,20-/m0/s1. The van der Waals surface area contributed by atoms with Crippen molar-refractivity contribution in [3.05, 3.63) is 46.9 Å². The summed E-state index contributed by atoms with van der Waals surface area (Å²) in [5.74, 6) is -0.446. The van der Waals surface area contributed by atoms with Crippen LogP contribution in [0.5, 0.6) is 0 Å². The number of carbonyl (C=O) groups is 2. The number of aromatic nitrogens is 5. The number of nitrogens with zero attached hydrogens (tertiary/aromatic N) is 6. The number of amides is 2. The van der Waals surface area contributed by atoms with E-state index in [0.29, 0.717) is 24.9 Å². The predicted molar refractivity (Wildman–Crippen MR) is 182 cm³/mol. The van der Waals surface area contributed by atoms with Crippen LogP contribution in [0.3, 0.4) is 0 Å². The number of hydrogen-bond donors (Lipinski definition) is 3. The Kier molecular flexibility index (Phi) is 9.64. The van der Waals surface area contributed by atoms with Crippen LogP contribution in [0.4, 0.5) is 16.3 Å². The van der Waals surface area contributed by atoms with Gasteiger partial charge >= 0.3 is 6.09 Å². The summed E-state index contributed by atoms with van der Waals surface area (Å²) in [5.41, 5.74) is 8.36. The van der Waals surface area contributed by atoms with Gasteiger partial charge in [0.25, 0.3) is 5.91 Å². The van der Waals surface area contributed by atoms with E-state index in [1.807, 2.05) is 19.2 Å². The number of fused-ring (bicyclic) bond motifs is 2. The van der Waals surface area contributed by atoms with Crippen LogP contribution in [-0.2, 0) is 16.2 Å². The molecule has 248 valence electrons. The number of rotatable bonds is 10. The summed E-state index contributed by atoms with van der Waals surface area (Å²) in [6, 6.07) is 4.11. The number of anilines is 2. The maximum atomic E-state index is 13.9. The third-order valence-electron chi connectivity index (χ3n) is 7.62. The van der Waals surface area contributed by atoms with Crippen molar-refractivity contribution in [1.82, 2.24) is 29.7 Å². The van der Waals surface area contributed by atoms with E-state index >= 15 is 0 Å². The second kappa shape index (κ2) is 13.2. The predicted octanol–water partition coefficient (Wildman–Crippen LogP) is 5.42. The summed E-state index contributed by atoms with van der Waals surface area (Å²) in [6.45, 7) is 16.5. The van der Waals surface area contributed by atoms with Crippen LogP contribution in [0.1, 0.15) is 56.1 Å². The number of halogens is 1. The molecule has 0 spiro atoms. The molecule has 0 bridgehead atoms. The van der Waals surface area contributed by atoms with Crippen molar-refractivity contribution >= 4 is 59.7 Å².